The van der Waals surface area contributed by atoms with Gasteiger partial charge in [-0.2, -0.15) is 0 Å². The van der Waals surface area contributed by atoms with Gasteiger partial charge in [-0.05, 0) is 0 Å². The van der Waals surface area contributed by atoms with Crippen molar-refractivity contribution in [2.45, 2.75) is 31.5 Å². The first kappa shape index (κ1) is 23.1. The first-order valence-corrected chi connectivity index (χ1v) is 13.0. The molecule has 1 unspecified atom stereocenters. The third-order valence-corrected chi connectivity index (χ3v) is 7.55. The molecular weight excluding hydrogens is 447 g/mol. The molecular formula is C28H30O2Se. The monoisotopic (exact) mass is 478 g/mol. The molecule has 0 aliphatic carbocycles. The second-order valence-corrected chi connectivity index (χ2v) is 9.65. The van der Waals surface area contributed by atoms with Gasteiger partial charge in [0.05, 0.1) is 0 Å². The van der Waals surface area contributed by atoms with Crippen LogP contribution < -0.4 is 4.46 Å². The van der Waals surface area contributed by atoms with Crippen molar-refractivity contribution in [1.82, 2.24) is 0 Å². The standard InChI is InChI=1S/C28H30O2Se/c1-2-30-28(29)25(22-31-26-19-10-5-11-20-26)18-12-13-21-27(23-14-6-3-7-15-23)24-16-8-4-9-17-24/h3-11,14-17,19-21,25H,2,12-13,18,22H2,1H3. The zero-order valence-electron chi connectivity index (χ0n) is 18.1. The fourth-order valence-electron chi connectivity index (χ4n) is 3.49. The molecule has 0 aromatic heterocycles. The van der Waals surface area contributed by atoms with Crippen LogP contribution in [-0.4, -0.2) is 27.5 Å². The maximum absolute atomic E-state index is 12.5. The van der Waals surface area contributed by atoms with E-state index in [-0.39, 0.29) is 26.8 Å². The Kier molecular flexibility index (Phi) is 9.63. The zero-order valence-corrected chi connectivity index (χ0v) is 19.8. The summed E-state index contributed by atoms with van der Waals surface area (Å²) >= 11 is 0.285. The third-order valence-electron chi connectivity index (χ3n) is 5.09. The van der Waals surface area contributed by atoms with Gasteiger partial charge in [-0.15, -0.1) is 0 Å². The molecule has 0 amide bonds. The summed E-state index contributed by atoms with van der Waals surface area (Å²) in [5, 5.41) is 0.893. The van der Waals surface area contributed by atoms with Crippen LogP contribution in [-0.2, 0) is 9.53 Å². The van der Waals surface area contributed by atoms with Crippen LogP contribution in [0.1, 0.15) is 37.3 Å². The predicted molar refractivity (Wildman–Crippen MR) is 131 cm³/mol. The Labute approximate surface area is 192 Å². The van der Waals surface area contributed by atoms with Gasteiger partial charge in [-0.25, -0.2) is 0 Å². The first-order chi connectivity index (χ1) is 15.3. The molecule has 1 atom stereocenters. The predicted octanol–water partition coefficient (Wildman–Crippen LogP) is 5.92. The van der Waals surface area contributed by atoms with Gasteiger partial charge in [0, 0.05) is 0 Å². The van der Waals surface area contributed by atoms with Crippen molar-refractivity contribution in [3.8, 4) is 0 Å². The number of rotatable bonds is 11. The molecule has 160 valence electrons. The molecule has 0 radical (unpaired) electrons. The Morgan fingerprint density at radius 2 is 1.42 bits per heavy atom. The van der Waals surface area contributed by atoms with Crippen LogP contribution >= 0.6 is 0 Å². The number of allylic oxidation sites excluding steroid dienone is 1. The number of carbonyl (C=O) groups is 1. The van der Waals surface area contributed by atoms with Gasteiger partial charge in [0.1, 0.15) is 0 Å². The molecule has 0 fully saturated rings. The van der Waals surface area contributed by atoms with Crippen LogP contribution in [0.25, 0.3) is 5.57 Å². The number of hydrogen-bond acceptors (Lipinski definition) is 2. The summed E-state index contributed by atoms with van der Waals surface area (Å²) in [5.41, 5.74) is 3.70. The van der Waals surface area contributed by atoms with Gasteiger partial charge < -0.3 is 0 Å². The summed E-state index contributed by atoms with van der Waals surface area (Å²) in [4.78, 5) is 12.5. The van der Waals surface area contributed by atoms with Crippen molar-refractivity contribution >= 4 is 31.0 Å². The van der Waals surface area contributed by atoms with Crippen LogP contribution in [0.15, 0.2) is 97.1 Å². The van der Waals surface area contributed by atoms with E-state index in [0.29, 0.717) is 6.61 Å². The number of unbranched alkanes of at least 4 members (excludes halogenated alkanes) is 1. The van der Waals surface area contributed by atoms with E-state index in [2.05, 4.69) is 78.9 Å². The summed E-state index contributed by atoms with van der Waals surface area (Å²) in [6, 6.07) is 31.5. The number of esters is 1. The topological polar surface area (TPSA) is 26.3 Å². The summed E-state index contributed by atoms with van der Waals surface area (Å²) in [6.07, 6.45) is 5.08. The van der Waals surface area contributed by atoms with Gasteiger partial charge in [0.25, 0.3) is 0 Å². The SMILES string of the molecule is CCOC(=O)C(CCCC=C(c1ccccc1)c1ccccc1)C[Se]c1ccccc1. The van der Waals surface area contributed by atoms with E-state index in [9.17, 15) is 4.79 Å². The van der Waals surface area contributed by atoms with Gasteiger partial charge >= 0.3 is 193 Å². The third kappa shape index (κ3) is 7.54. The van der Waals surface area contributed by atoms with E-state index in [1.165, 1.54) is 21.2 Å². The summed E-state index contributed by atoms with van der Waals surface area (Å²) in [5.74, 6) is -0.0684. The first-order valence-electron chi connectivity index (χ1n) is 10.9. The number of carbonyl (C=O) groups excluding carboxylic acids is 1. The molecule has 3 rings (SSSR count). The second-order valence-electron chi connectivity index (χ2n) is 7.35. The van der Waals surface area contributed by atoms with E-state index < -0.39 is 0 Å². The quantitative estimate of drug-likeness (QED) is 0.195. The summed E-state index contributed by atoms with van der Waals surface area (Å²) < 4.78 is 6.70. The van der Waals surface area contributed by atoms with E-state index in [1.807, 2.05) is 25.1 Å². The number of benzene rings is 3. The fraction of sp³-hybridized carbons (Fsp3) is 0.250. The van der Waals surface area contributed by atoms with Gasteiger partial charge in [0.15, 0.2) is 0 Å². The molecule has 2 nitrogen and oxygen atoms in total. The molecule has 0 heterocycles. The Hall–Kier alpha value is -2.61. The summed E-state index contributed by atoms with van der Waals surface area (Å²) in [7, 11) is 0. The molecule has 31 heavy (non-hydrogen) atoms. The van der Waals surface area contributed by atoms with E-state index >= 15 is 0 Å². The average molecular weight is 478 g/mol. The van der Waals surface area contributed by atoms with Crippen molar-refractivity contribution < 1.29 is 9.53 Å². The molecule has 0 N–H and O–H groups in total. The van der Waals surface area contributed by atoms with Gasteiger partial charge in [0.2, 0.25) is 0 Å². The van der Waals surface area contributed by atoms with Crippen LogP contribution in [0.4, 0.5) is 0 Å². The van der Waals surface area contributed by atoms with Crippen molar-refractivity contribution in [3.05, 3.63) is 108 Å². The van der Waals surface area contributed by atoms with Crippen LogP contribution in [0, 0.1) is 5.92 Å². The van der Waals surface area contributed by atoms with E-state index in [1.54, 1.807) is 0 Å². The molecule has 0 saturated heterocycles. The number of hydrogen-bond donors (Lipinski definition) is 0. The van der Waals surface area contributed by atoms with E-state index in [0.717, 1.165) is 24.6 Å². The van der Waals surface area contributed by atoms with E-state index in [4.69, 9.17) is 4.74 Å². The second kappa shape index (κ2) is 12.9. The summed E-state index contributed by atoms with van der Waals surface area (Å²) in [6.45, 7) is 2.33. The normalized spacial score (nSPS) is 11.5. The van der Waals surface area contributed by atoms with Crippen molar-refractivity contribution in [2.75, 3.05) is 6.61 Å². The van der Waals surface area contributed by atoms with Gasteiger partial charge in [-0.1, -0.05) is 0 Å². The Morgan fingerprint density at radius 3 is 1.97 bits per heavy atom. The minimum atomic E-state index is -0.0457. The molecule has 3 aromatic rings. The average Bonchev–Trinajstić information content (AvgIpc) is 2.83. The molecule has 3 heteroatoms. The van der Waals surface area contributed by atoms with Crippen molar-refractivity contribution in [1.29, 1.82) is 0 Å². The molecule has 0 aliphatic heterocycles. The molecule has 3 aromatic carbocycles. The van der Waals surface area contributed by atoms with Crippen LogP contribution in [0.2, 0.25) is 5.32 Å². The van der Waals surface area contributed by atoms with Crippen molar-refractivity contribution in [3.63, 3.8) is 0 Å². The molecule has 0 aliphatic rings. The maximum atomic E-state index is 12.5. The fourth-order valence-corrected chi connectivity index (χ4v) is 5.69. The van der Waals surface area contributed by atoms with Crippen LogP contribution in [0.3, 0.4) is 0 Å². The number of ether oxygens (including phenoxy) is 1. The Balaban J connectivity index is 1.64. The van der Waals surface area contributed by atoms with Gasteiger partial charge in [-0.3, -0.25) is 0 Å². The Bertz CT molecular complexity index is 895. The molecule has 0 bridgehead atoms. The van der Waals surface area contributed by atoms with Crippen molar-refractivity contribution in [2.24, 2.45) is 5.92 Å². The molecule has 0 spiro atoms. The molecule has 0 saturated carbocycles. The minimum absolute atomic E-state index is 0.0227. The van der Waals surface area contributed by atoms with Crippen LogP contribution in [0.5, 0.6) is 0 Å². The zero-order chi connectivity index (χ0) is 21.7. The Morgan fingerprint density at radius 1 is 0.871 bits per heavy atom.